The highest BCUT2D eigenvalue weighted by molar-refractivity contribution is 7.80. The fourth-order valence-electron chi connectivity index (χ4n) is 2.86. The zero-order valence-electron chi connectivity index (χ0n) is 8.91. The lowest BCUT2D eigenvalue weighted by Gasteiger charge is -2.35. The van der Waals surface area contributed by atoms with Crippen LogP contribution < -0.4 is 5.73 Å². The first kappa shape index (κ1) is 12.0. The van der Waals surface area contributed by atoms with Gasteiger partial charge in [-0.15, -0.1) is 0 Å². The Morgan fingerprint density at radius 1 is 1.56 bits per heavy atom. The molecule has 0 aromatic carbocycles. The Morgan fingerprint density at radius 3 is 2.62 bits per heavy atom. The van der Waals surface area contributed by atoms with Gasteiger partial charge in [0.25, 0.3) is 0 Å². The zero-order valence-corrected chi connectivity index (χ0v) is 9.81. The normalized spacial score (nSPS) is 37.3. The number of aliphatic hydroxyl groups is 1. The van der Waals surface area contributed by atoms with Crippen LogP contribution in [0.5, 0.6) is 0 Å². The molecule has 2 unspecified atom stereocenters. The Balaban J connectivity index is 2.15. The molecule has 0 aliphatic heterocycles. The van der Waals surface area contributed by atoms with E-state index in [4.69, 9.17) is 10.8 Å². The van der Waals surface area contributed by atoms with E-state index in [1.54, 1.807) is 0 Å². The van der Waals surface area contributed by atoms with Crippen molar-refractivity contribution in [3.05, 3.63) is 12.2 Å². The Hall–Kier alpha value is -0.520. The third-order valence-electron chi connectivity index (χ3n) is 3.92. The summed E-state index contributed by atoms with van der Waals surface area (Å²) < 4.78 is 0. The maximum atomic E-state index is 11.1. The lowest BCUT2D eigenvalue weighted by molar-refractivity contribution is -0.148. The van der Waals surface area contributed by atoms with Gasteiger partial charge >= 0.3 is 5.97 Å². The molecule has 4 nitrogen and oxygen atoms in total. The second-order valence-corrected chi connectivity index (χ2v) is 5.21. The summed E-state index contributed by atoms with van der Waals surface area (Å²) in [6, 6.07) is 0. The van der Waals surface area contributed by atoms with Crippen molar-refractivity contribution in [1.29, 1.82) is 0 Å². The maximum absolute atomic E-state index is 11.1. The average Bonchev–Trinajstić information content (AvgIpc) is 2.88. The van der Waals surface area contributed by atoms with Crippen LogP contribution >= 0.6 is 12.6 Å². The second-order valence-electron chi connectivity index (χ2n) is 4.89. The molecule has 2 rings (SSSR count). The fraction of sp³-hybridized carbons (Fsp3) is 0.727. The third kappa shape index (κ3) is 1.67. The average molecular weight is 243 g/mol. The molecule has 2 bridgehead atoms. The van der Waals surface area contributed by atoms with Crippen molar-refractivity contribution in [1.82, 2.24) is 0 Å². The molecule has 1 saturated carbocycles. The fourth-order valence-corrected chi connectivity index (χ4v) is 3.18. The van der Waals surface area contributed by atoms with Crippen molar-refractivity contribution in [2.75, 3.05) is 5.75 Å². The summed E-state index contributed by atoms with van der Waals surface area (Å²) in [4.78, 5) is 11.1. The number of rotatable bonds is 4. The van der Waals surface area contributed by atoms with E-state index in [9.17, 15) is 9.90 Å². The molecule has 5 atom stereocenters. The van der Waals surface area contributed by atoms with Gasteiger partial charge in [-0.25, -0.2) is 0 Å². The molecule has 0 spiro atoms. The summed E-state index contributed by atoms with van der Waals surface area (Å²) in [5, 5.41) is 19.3. The topological polar surface area (TPSA) is 83.6 Å². The Bertz CT molecular complexity index is 333. The number of carboxylic acid groups (broad SMARTS) is 1. The number of aliphatic carboxylic acids is 1. The number of allylic oxidation sites excluding steroid dienone is 2. The number of thiol groups is 1. The van der Waals surface area contributed by atoms with E-state index in [1.165, 1.54) is 0 Å². The van der Waals surface area contributed by atoms with Gasteiger partial charge in [-0.05, 0) is 30.6 Å². The van der Waals surface area contributed by atoms with Gasteiger partial charge in [0.15, 0.2) is 0 Å². The Labute approximate surface area is 99.9 Å². The predicted octanol–water partition coefficient (Wildman–Crippen LogP) is 0.271. The van der Waals surface area contributed by atoms with E-state index in [0.717, 1.165) is 12.8 Å². The van der Waals surface area contributed by atoms with Crippen LogP contribution in [0, 0.1) is 17.8 Å². The molecule has 0 amide bonds. The van der Waals surface area contributed by atoms with Crippen LogP contribution in [0.1, 0.15) is 12.8 Å². The minimum absolute atomic E-state index is 0.0387. The van der Waals surface area contributed by atoms with Crippen molar-refractivity contribution < 1.29 is 15.0 Å². The molecule has 4 N–H and O–H groups in total. The van der Waals surface area contributed by atoms with Crippen LogP contribution in [-0.2, 0) is 4.79 Å². The molecule has 2 aliphatic carbocycles. The highest BCUT2D eigenvalue weighted by Crippen LogP contribution is 2.46. The SMILES string of the molecule is N[C@](CS)(C(=O)O)[C@@H](O)C1CC2C=C[C@@H]1C2. The lowest BCUT2D eigenvalue weighted by atomic mass is 9.79. The number of carboxylic acids is 1. The summed E-state index contributed by atoms with van der Waals surface area (Å²) >= 11 is 3.96. The molecule has 0 radical (unpaired) electrons. The third-order valence-corrected chi connectivity index (χ3v) is 4.45. The molecule has 0 saturated heterocycles. The van der Waals surface area contributed by atoms with Gasteiger partial charge in [0.2, 0.25) is 0 Å². The molecular weight excluding hydrogens is 226 g/mol. The first-order chi connectivity index (χ1) is 7.49. The molecule has 1 fully saturated rings. The smallest absolute Gasteiger partial charge is 0.327 e. The molecule has 0 aromatic heterocycles. The number of nitrogens with two attached hydrogens (primary N) is 1. The largest absolute Gasteiger partial charge is 0.480 e. The Morgan fingerprint density at radius 2 is 2.25 bits per heavy atom. The number of hydrogen-bond donors (Lipinski definition) is 4. The standard InChI is InChI=1S/C11H17NO3S/c12-11(5-16,10(14)15)9(13)8-4-6-1-2-7(8)3-6/h1-2,6-9,13,16H,3-5,12H2,(H,14,15)/t6?,7-,8?,9+,11+/m1/s1. The first-order valence-electron chi connectivity index (χ1n) is 5.48. The van der Waals surface area contributed by atoms with Crippen LogP contribution in [0.3, 0.4) is 0 Å². The summed E-state index contributed by atoms with van der Waals surface area (Å²) in [5.41, 5.74) is 4.11. The molecule has 0 aromatic rings. The molecule has 5 heteroatoms. The lowest BCUT2D eigenvalue weighted by Crippen LogP contribution is -2.61. The minimum atomic E-state index is -1.63. The summed E-state index contributed by atoms with van der Waals surface area (Å²) in [5.74, 6) is -0.504. The van der Waals surface area contributed by atoms with Crippen molar-refractivity contribution in [2.24, 2.45) is 23.5 Å². The molecule has 2 aliphatic rings. The van der Waals surface area contributed by atoms with Crippen LogP contribution in [0.2, 0.25) is 0 Å². The van der Waals surface area contributed by atoms with Crippen LogP contribution in [0.25, 0.3) is 0 Å². The second kappa shape index (κ2) is 4.05. The molecule has 16 heavy (non-hydrogen) atoms. The van der Waals surface area contributed by atoms with E-state index in [1.807, 2.05) is 0 Å². The van der Waals surface area contributed by atoms with E-state index in [2.05, 4.69) is 24.8 Å². The number of carbonyl (C=O) groups is 1. The molecular formula is C11H17NO3S. The number of hydrogen-bond acceptors (Lipinski definition) is 4. The van der Waals surface area contributed by atoms with Gasteiger partial charge in [0.05, 0.1) is 6.10 Å². The highest BCUT2D eigenvalue weighted by atomic mass is 32.1. The molecule has 0 heterocycles. The predicted molar refractivity (Wildman–Crippen MR) is 63.3 cm³/mol. The maximum Gasteiger partial charge on any atom is 0.327 e. The van der Waals surface area contributed by atoms with Crippen LogP contribution in [-0.4, -0.2) is 33.6 Å². The van der Waals surface area contributed by atoms with Gasteiger partial charge in [0.1, 0.15) is 5.54 Å². The van der Waals surface area contributed by atoms with E-state index in [0.29, 0.717) is 5.92 Å². The monoisotopic (exact) mass is 243 g/mol. The van der Waals surface area contributed by atoms with Crippen LogP contribution in [0.15, 0.2) is 12.2 Å². The van der Waals surface area contributed by atoms with Crippen molar-refractivity contribution in [3.63, 3.8) is 0 Å². The Kier molecular flexibility index (Phi) is 3.03. The van der Waals surface area contributed by atoms with Crippen LogP contribution in [0.4, 0.5) is 0 Å². The van der Waals surface area contributed by atoms with E-state index in [-0.39, 0.29) is 17.6 Å². The minimum Gasteiger partial charge on any atom is -0.480 e. The van der Waals surface area contributed by atoms with Gasteiger partial charge in [0, 0.05) is 5.75 Å². The number of fused-ring (bicyclic) bond motifs is 2. The zero-order chi connectivity index (χ0) is 11.9. The van der Waals surface area contributed by atoms with Gasteiger partial charge in [-0.3, -0.25) is 4.79 Å². The van der Waals surface area contributed by atoms with Crippen molar-refractivity contribution >= 4 is 18.6 Å². The number of aliphatic hydroxyl groups excluding tert-OH is 1. The molecule has 90 valence electrons. The van der Waals surface area contributed by atoms with Gasteiger partial charge in [-0.2, -0.15) is 12.6 Å². The summed E-state index contributed by atoms with van der Waals surface area (Å²) in [6.45, 7) is 0. The summed E-state index contributed by atoms with van der Waals surface area (Å²) in [6.07, 6.45) is 5.05. The van der Waals surface area contributed by atoms with E-state index < -0.39 is 17.6 Å². The summed E-state index contributed by atoms with van der Waals surface area (Å²) in [7, 11) is 0. The quantitative estimate of drug-likeness (QED) is 0.422. The van der Waals surface area contributed by atoms with Gasteiger partial charge in [-0.1, -0.05) is 12.2 Å². The van der Waals surface area contributed by atoms with Crippen molar-refractivity contribution in [3.8, 4) is 0 Å². The highest BCUT2D eigenvalue weighted by Gasteiger charge is 2.50. The van der Waals surface area contributed by atoms with Gasteiger partial charge < -0.3 is 15.9 Å². The first-order valence-corrected chi connectivity index (χ1v) is 6.12. The van der Waals surface area contributed by atoms with Crippen molar-refractivity contribution in [2.45, 2.75) is 24.5 Å². The van der Waals surface area contributed by atoms with E-state index >= 15 is 0 Å².